The highest BCUT2D eigenvalue weighted by Crippen LogP contribution is 2.18. The van der Waals surface area contributed by atoms with Crippen LogP contribution in [0.25, 0.3) is 0 Å². The van der Waals surface area contributed by atoms with E-state index in [1.54, 1.807) is 19.1 Å². The van der Waals surface area contributed by atoms with Crippen molar-refractivity contribution in [1.29, 1.82) is 0 Å². The molecule has 1 aliphatic rings. The molecule has 150 valence electrons. The Hall–Kier alpha value is -2.31. The van der Waals surface area contributed by atoms with Crippen LogP contribution in [0.1, 0.15) is 30.9 Å². The summed E-state index contributed by atoms with van der Waals surface area (Å²) in [6.07, 6.45) is 3.91. The van der Waals surface area contributed by atoms with E-state index in [0.717, 1.165) is 23.7 Å². The third-order valence-corrected chi connectivity index (χ3v) is 5.55. The van der Waals surface area contributed by atoms with Crippen LogP contribution in [0.5, 0.6) is 11.5 Å². The molecule has 1 fully saturated rings. The van der Waals surface area contributed by atoms with E-state index in [1.165, 1.54) is 37.9 Å². The fourth-order valence-corrected chi connectivity index (χ4v) is 3.96. The molecule has 0 aliphatic carbocycles. The SMILES string of the molecule is COc1ccc([C@H](CNC(=S)Nc2cccc(OC)c2)[NH+]2CCCCC2)cc1. The first kappa shape index (κ1) is 20.4. The topological polar surface area (TPSA) is 47.0 Å². The summed E-state index contributed by atoms with van der Waals surface area (Å²) in [5, 5.41) is 7.30. The van der Waals surface area contributed by atoms with E-state index >= 15 is 0 Å². The van der Waals surface area contributed by atoms with Crippen molar-refractivity contribution in [2.45, 2.75) is 25.3 Å². The molecule has 5 nitrogen and oxygen atoms in total. The fraction of sp³-hybridized carbons (Fsp3) is 0.409. The largest absolute Gasteiger partial charge is 0.497 e. The zero-order valence-corrected chi connectivity index (χ0v) is 17.5. The summed E-state index contributed by atoms with van der Waals surface area (Å²) >= 11 is 5.53. The number of thiocarbonyl (C=S) groups is 1. The Balaban J connectivity index is 1.65. The van der Waals surface area contributed by atoms with Crippen molar-refractivity contribution in [3.05, 3.63) is 54.1 Å². The first-order valence-electron chi connectivity index (χ1n) is 9.87. The molecular formula is C22H30N3O2S+. The van der Waals surface area contributed by atoms with Gasteiger partial charge in [-0.25, -0.2) is 0 Å². The third kappa shape index (κ3) is 5.59. The van der Waals surface area contributed by atoms with Crippen molar-refractivity contribution in [3.63, 3.8) is 0 Å². The van der Waals surface area contributed by atoms with Crippen LogP contribution in [0.2, 0.25) is 0 Å². The smallest absolute Gasteiger partial charge is 0.171 e. The van der Waals surface area contributed by atoms with E-state index in [4.69, 9.17) is 21.7 Å². The molecular weight excluding hydrogens is 370 g/mol. The first-order chi connectivity index (χ1) is 13.7. The Kier molecular flexibility index (Phi) is 7.51. The zero-order valence-electron chi connectivity index (χ0n) is 16.7. The number of anilines is 1. The molecule has 6 heteroatoms. The molecule has 0 spiro atoms. The van der Waals surface area contributed by atoms with E-state index in [-0.39, 0.29) is 0 Å². The van der Waals surface area contributed by atoms with Gasteiger partial charge in [-0.2, -0.15) is 0 Å². The summed E-state index contributed by atoms with van der Waals surface area (Å²) in [6.45, 7) is 3.19. The van der Waals surface area contributed by atoms with E-state index in [1.807, 2.05) is 36.4 Å². The number of likely N-dealkylation sites (tertiary alicyclic amines) is 1. The lowest BCUT2D eigenvalue weighted by molar-refractivity contribution is -0.934. The number of methoxy groups -OCH3 is 2. The maximum atomic E-state index is 5.53. The Labute approximate surface area is 173 Å². The van der Waals surface area contributed by atoms with Gasteiger partial charge in [-0.15, -0.1) is 0 Å². The number of quaternary nitrogens is 1. The molecule has 0 bridgehead atoms. The van der Waals surface area contributed by atoms with Crippen LogP contribution in [0.3, 0.4) is 0 Å². The molecule has 1 atom stereocenters. The number of benzene rings is 2. The van der Waals surface area contributed by atoms with Gasteiger partial charge >= 0.3 is 0 Å². The molecule has 0 amide bonds. The highest BCUT2D eigenvalue weighted by atomic mass is 32.1. The number of nitrogens with one attached hydrogen (secondary N) is 3. The molecule has 0 saturated carbocycles. The van der Waals surface area contributed by atoms with Crippen molar-refractivity contribution >= 4 is 23.0 Å². The monoisotopic (exact) mass is 400 g/mol. The van der Waals surface area contributed by atoms with Crippen LogP contribution < -0.4 is 25.0 Å². The summed E-state index contributed by atoms with van der Waals surface area (Å²) in [5.74, 6) is 1.70. The molecule has 0 aromatic heterocycles. The number of hydrogen-bond donors (Lipinski definition) is 3. The third-order valence-electron chi connectivity index (χ3n) is 5.30. The quantitative estimate of drug-likeness (QED) is 0.624. The van der Waals surface area contributed by atoms with Crippen molar-refractivity contribution in [2.24, 2.45) is 0 Å². The minimum Gasteiger partial charge on any atom is -0.497 e. The average molecular weight is 401 g/mol. The van der Waals surface area contributed by atoms with Gasteiger partial charge in [0.05, 0.1) is 33.9 Å². The second-order valence-corrected chi connectivity index (χ2v) is 7.52. The van der Waals surface area contributed by atoms with Gasteiger partial charge in [-0.05, 0) is 67.9 Å². The normalized spacial score (nSPS) is 15.5. The van der Waals surface area contributed by atoms with Gasteiger partial charge in [0, 0.05) is 17.3 Å². The van der Waals surface area contributed by atoms with Crippen molar-refractivity contribution in [3.8, 4) is 11.5 Å². The molecule has 3 rings (SSSR count). The summed E-state index contributed by atoms with van der Waals surface area (Å²) in [7, 11) is 3.36. The van der Waals surface area contributed by atoms with Crippen molar-refractivity contribution in [2.75, 3.05) is 39.2 Å². The standard InChI is InChI=1S/C22H29N3O2S/c1-26-19-11-9-17(10-12-19)21(25-13-4-3-5-14-25)16-23-22(28)24-18-7-6-8-20(15-18)27-2/h6-12,15,21H,3-5,13-14,16H2,1-2H3,(H2,23,24,28)/p+1/t21-/m0/s1. The zero-order chi connectivity index (χ0) is 19.8. The highest BCUT2D eigenvalue weighted by Gasteiger charge is 2.26. The fourth-order valence-electron chi connectivity index (χ4n) is 3.76. The highest BCUT2D eigenvalue weighted by molar-refractivity contribution is 7.80. The van der Waals surface area contributed by atoms with Crippen LogP contribution >= 0.6 is 12.2 Å². The second kappa shape index (κ2) is 10.3. The Bertz CT molecular complexity index is 761. The maximum absolute atomic E-state index is 5.53. The van der Waals surface area contributed by atoms with Crippen LogP contribution in [0.15, 0.2) is 48.5 Å². The van der Waals surface area contributed by atoms with Crippen LogP contribution in [0.4, 0.5) is 5.69 Å². The van der Waals surface area contributed by atoms with E-state index < -0.39 is 0 Å². The first-order valence-corrected chi connectivity index (χ1v) is 10.3. The molecule has 28 heavy (non-hydrogen) atoms. The number of ether oxygens (including phenoxy) is 2. The Morgan fingerprint density at radius 1 is 1.00 bits per heavy atom. The van der Waals surface area contributed by atoms with Crippen LogP contribution in [0, 0.1) is 0 Å². The van der Waals surface area contributed by atoms with Gasteiger partial charge in [-0.1, -0.05) is 6.07 Å². The summed E-state index contributed by atoms with van der Waals surface area (Å²) in [6, 6.07) is 16.6. The predicted molar refractivity (Wildman–Crippen MR) is 118 cm³/mol. The molecule has 0 radical (unpaired) electrons. The molecule has 2 aromatic carbocycles. The average Bonchev–Trinajstić information content (AvgIpc) is 2.75. The van der Waals surface area contributed by atoms with Gasteiger partial charge in [-0.3, -0.25) is 0 Å². The van der Waals surface area contributed by atoms with Crippen molar-refractivity contribution < 1.29 is 14.4 Å². The molecule has 0 unspecified atom stereocenters. The summed E-state index contributed by atoms with van der Waals surface area (Å²) < 4.78 is 10.6. The maximum Gasteiger partial charge on any atom is 0.171 e. The van der Waals surface area contributed by atoms with Crippen LogP contribution in [-0.2, 0) is 0 Å². The lowest BCUT2D eigenvalue weighted by Gasteiger charge is -2.32. The van der Waals surface area contributed by atoms with Gasteiger partial charge in [0.2, 0.25) is 0 Å². The number of rotatable bonds is 7. The molecule has 1 saturated heterocycles. The minimum absolute atomic E-state index is 0.358. The van der Waals surface area contributed by atoms with E-state index in [2.05, 4.69) is 22.8 Å². The van der Waals surface area contributed by atoms with E-state index in [9.17, 15) is 0 Å². The van der Waals surface area contributed by atoms with Gasteiger partial charge in [0.25, 0.3) is 0 Å². The molecule has 1 heterocycles. The van der Waals surface area contributed by atoms with Gasteiger partial charge in [0.1, 0.15) is 17.5 Å². The minimum atomic E-state index is 0.358. The van der Waals surface area contributed by atoms with Gasteiger partial charge < -0.3 is 25.0 Å². The summed E-state index contributed by atoms with van der Waals surface area (Å²) in [4.78, 5) is 1.62. The predicted octanol–water partition coefficient (Wildman–Crippen LogP) is 2.80. The van der Waals surface area contributed by atoms with Crippen molar-refractivity contribution in [1.82, 2.24) is 5.32 Å². The lowest BCUT2D eigenvalue weighted by atomic mass is 10.0. The second-order valence-electron chi connectivity index (χ2n) is 7.11. The van der Waals surface area contributed by atoms with Crippen LogP contribution in [-0.4, -0.2) is 39.0 Å². The number of piperidine rings is 1. The molecule has 1 aliphatic heterocycles. The van der Waals surface area contributed by atoms with Gasteiger partial charge in [0.15, 0.2) is 5.11 Å². The van der Waals surface area contributed by atoms with E-state index in [0.29, 0.717) is 11.2 Å². The Morgan fingerprint density at radius 2 is 1.71 bits per heavy atom. The lowest BCUT2D eigenvalue weighted by Crippen LogP contribution is -3.13. The summed E-state index contributed by atoms with van der Waals surface area (Å²) in [5.41, 5.74) is 2.23. The number of hydrogen-bond acceptors (Lipinski definition) is 3. The Morgan fingerprint density at radius 3 is 2.39 bits per heavy atom. The molecule has 3 N–H and O–H groups in total. The molecule has 2 aromatic rings.